The van der Waals surface area contributed by atoms with Crippen molar-refractivity contribution in [1.29, 1.82) is 0 Å². The van der Waals surface area contributed by atoms with Gasteiger partial charge < -0.3 is 19.7 Å². The summed E-state index contributed by atoms with van der Waals surface area (Å²) in [5, 5.41) is 10.5. The van der Waals surface area contributed by atoms with Crippen molar-refractivity contribution in [3.05, 3.63) is 46.9 Å². The molecule has 1 N–H and O–H groups in total. The Morgan fingerprint density at radius 3 is 2.59 bits per heavy atom. The maximum atomic E-state index is 13.9. The summed E-state index contributed by atoms with van der Waals surface area (Å²) in [4.78, 5) is 26.3. The van der Waals surface area contributed by atoms with Crippen molar-refractivity contribution in [1.82, 2.24) is 10.2 Å². The van der Waals surface area contributed by atoms with E-state index in [0.717, 1.165) is 6.07 Å². The van der Waals surface area contributed by atoms with Gasteiger partial charge in [0.05, 0.1) is 31.6 Å². The summed E-state index contributed by atoms with van der Waals surface area (Å²) in [6.07, 6.45) is 0. The maximum absolute atomic E-state index is 13.9. The van der Waals surface area contributed by atoms with Crippen LogP contribution in [-0.4, -0.2) is 55.5 Å². The van der Waals surface area contributed by atoms with Gasteiger partial charge in [-0.05, 0) is 36.8 Å². The number of morpholine rings is 1. The van der Waals surface area contributed by atoms with Crippen molar-refractivity contribution in [3.8, 4) is 0 Å². The minimum atomic E-state index is -0.679. The van der Waals surface area contributed by atoms with Gasteiger partial charge in [-0.3, -0.25) is 4.79 Å². The molecule has 8 nitrogen and oxygen atoms in total. The molecule has 0 unspecified atom stereocenters. The fourth-order valence-electron chi connectivity index (χ4n) is 2.66. The summed E-state index contributed by atoms with van der Waals surface area (Å²) < 4.78 is 23.9. The Hall–Kier alpha value is -3.07. The van der Waals surface area contributed by atoms with Gasteiger partial charge >= 0.3 is 5.97 Å². The number of carbonyl (C=O) groups excluding carboxylic acids is 2. The van der Waals surface area contributed by atoms with E-state index in [1.165, 1.54) is 26.2 Å². The first-order chi connectivity index (χ1) is 13.0. The van der Waals surface area contributed by atoms with Crippen molar-refractivity contribution >= 4 is 23.4 Å². The molecule has 0 spiro atoms. The first kappa shape index (κ1) is 18.7. The number of rotatable bonds is 4. The van der Waals surface area contributed by atoms with Crippen LogP contribution in [0.3, 0.4) is 0 Å². The van der Waals surface area contributed by atoms with Crippen molar-refractivity contribution in [2.24, 2.45) is 0 Å². The predicted octanol–water partition coefficient (Wildman–Crippen LogP) is 1.80. The third-order valence-electron chi connectivity index (χ3n) is 4.17. The summed E-state index contributed by atoms with van der Waals surface area (Å²) in [7, 11) is 1.21. The normalized spacial score (nSPS) is 14.0. The van der Waals surface area contributed by atoms with Crippen molar-refractivity contribution < 1.29 is 23.5 Å². The number of hydrogen-bond acceptors (Lipinski definition) is 7. The third-order valence-corrected chi connectivity index (χ3v) is 4.17. The summed E-state index contributed by atoms with van der Waals surface area (Å²) in [5.41, 5.74) is 0.378. The van der Waals surface area contributed by atoms with Gasteiger partial charge in [-0.25, -0.2) is 9.18 Å². The van der Waals surface area contributed by atoms with Gasteiger partial charge in [-0.2, -0.15) is 0 Å². The van der Waals surface area contributed by atoms with E-state index in [9.17, 15) is 14.0 Å². The standard InChI is InChI=1S/C18H19FN4O4/c1-11-9-12(18(25)26-2)15(10-13(11)19)20-17(24)14-3-4-16(22-21-14)23-5-7-27-8-6-23/h3-4,9-10H,5-8H2,1-2H3,(H,20,24). The second-order valence-electron chi connectivity index (χ2n) is 5.97. The van der Waals surface area contributed by atoms with E-state index in [2.05, 4.69) is 20.3 Å². The lowest BCUT2D eigenvalue weighted by Gasteiger charge is -2.27. The van der Waals surface area contributed by atoms with E-state index in [1.54, 1.807) is 6.07 Å². The molecule has 1 saturated heterocycles. The minimum Gasteiger partial charge on any atom is -0.465 e. The lowest BCUT2D eigenvalue weighted by molar-refractivity contribution is 0.0601. The molecule has 1 aromatic carbocycles. The highest BCUT2D eigenvalue weighted by atomic mass is 19.1. The summed E-state index contributed by atoms with van der Waals surface area (Å²) in [6.45, 7) is 4.14. The number of aryl methyl sites for hydroxylation is 1. The molecule has 142 valence electrons. The summed E-state index contributed by atoms with van der Waals surface area (Å²) in [5.74, 6) is -1.19. The molecule has 0 bridgehead atoms. The van der Waals surface area contributed by atoms with Crippen LogP contribution in [0.4, 0.5) is 15.9 Å². The minimum absolute atomic E-state index is 0.00834. The zero-order valence-electron chi connectivity index (χ0n) is 15.0. The van der Waals surface area contributed by atoms with Crippen molar-refractivity contribution in [3.63, 3.8) is 0 Å². The van der Waals surface area contributed by atoms with Crippen LogP contribution in [0, 0.1) is 12.7 Å². The average molecular weight is 374 g/mol. The number of halogens is 1. The molecule has 1 aliphatic heterocycles. The Labute approximate surface area is 155 Å². The number of aromatic nitrogens is 2. The van der Waals surface area contributed by atoms with Gasteiger partial charge in [0, 0.05) is 13.1 Å². The highest BCUT2D eigenvalue weighted by Gasteiger charge is 2.19. The second-order valence-corrected chi connectivity index (χ2v) is 5.97. The summed E-state index contributed by atoms with van der Waals surface area (Å²) >= 11 is 0. The van der Waals surface area contributed by atoms with Crippen LogP contribution in [0.1, 0.15) is 26.4 Å². The van der Waals surface area contributed by atoms with E-state index < -0.39 is 17.7 Å². The van der Waals surface area contributed by atoms with Crippen LogP contribution >= 0.6 is 0 Å². The number of nitrogens with one attached hydrogen (secondary N) is 1. The Morgan fingerprint density at radius 2 is 1.96 bits per heavy atom. The zero-order chi connectivity index (χ0) is 19.4. The van der Waals surface area contributed by atoms with E-state index in [0.29, 0.717) is 32.1 Å². The monoisotopic (exact) mass is 374 g/mol. The molecule has 0 saturated carbocycles. The van der Waals surface area contributed by atoms with Crippen LogP contribution < -0.4 is 10.2 Å². The molecule has 0 radical (unpaired) electrons. The molecule has 1 amide bonds. The van der Waals surface area contributed by atoms with Gasteiger partial charge in [-0.15, -0.1) is 10.2 Å². The second kappa shape index (κ2) is 8.09. The number of amides is 1. The Morgan fingerprint density at radius 1 is 1.22 bits per heavy atom. The van der Waals surface area contributed by atoms with E-state index in [4.69, 9.17) is 4.74 Å². The first-order valence-electron chi connectivity index (χ1n) is 8.36. The molecular weight excluding hydrogens is 355 g/mol. The topological polar surface area (TPSA) is 93.7 Å². The zero-order valence-corrected chi connectivity index (χ0v) is 15.0. The molecule has 3 rings (SSSR count). The number of methoxy groups -OCH3 is 1. The maximum Gasteiger partial charge on any atom is 0.339 e. The number of carbonyl (C=O) groups is 2. The SMILES string of the molecule is COC(=O)c1cc(C)c(F)cc1NC(=O)c1ccc(N2CCOCC2)nn1. The first-order valence-corrected chi connectivity index (χ1v) is 8.36. The van der Waals surface area contributed by atoms with E-state index in [1.807, 2.05) is 4.90 Å². The highest BCUT2D eigenvalue weighted by Crippen LogP contribution is 2.22. The Bertz CT molecular complexity index is 851. The number of esters is 1. The lowest BCUT2D eigenvalue weighted by Crippen LogP contribution is -2.37. The fourth-order valence-corrected chi connectivity index (χ4v) is 2.66. The average Bonchev–Trinajstić information content (AvgIpc) is 2.70. The van der Waals surface area contributed by atoms with Gasteiger partial charge in [0.15, 0.2) is 11.5 Å². The predicted molar refractivity (Wildman–Crippen MR) is 95.5 cm³/mol. The molecule has 2 aromatic rings. The van der Waals surface area contributed by atoms with Crippen LogP contribution in [-0.2, 0) is 9.47 Å². The number of hydrogen-bond donors (Lipinski definition) is 1. The quantitative estimate of drug-likeness (QED) is 0.816. The molecular formula is C18H19FN4O4. The molecule has 1 fully saturated rings. The van der Waals surface area contributed by atoms with E-state index in [-0.39, 0.29) is 22.5 Å². The number of nitrogens with zero attached hydrogens (tertiary/aromatic N) is 3. The van der Waals surface area contributed by atoms with Gasteiger partial charge in [-0.1, -0.05) is 0 Å². The van der Waals surface area contributed by atoms with E-state index >= 15 is 0 Å². The largest absolute Gasteiger partial charge is 0.465 e. The number of anilines is 2. The smallest absolute Gasteiger partial charge is 0.339 e. The molecule has 1 aliphatic rings. The Balaban J connectivity index is 1.79. The summed E-state index contributed by atoms with van der Waals surface area (Å²) in [6, 6.07) is 5.61. The van der Waals surface area contributed by atoms with Crippen molar-refractivity contribution in [2.45, 2.75) is 6.92 Å². The van der Waals surface area contributed by atoms with Crippen LogP contribution in [0.5, 0.6) is 0 Å². The molecule has 0 atom stereocenters. The molecule has 0 aliphatic carbocycles. The highest BCUT2D eigenvalue weighted by molar-refractivity contribution is 6.07. The molecule has 27 heavy (non-hydrogen) atoms. The fraction of sp³-hybridized carbons (Fsp3) is 0.333. The number of benzene rings is 1. The lowest BCUT2D eigenvalue weighted by atomic mass is 10.1. The number of ether oxygens (including phenoxy) is 2. The molecule has 9 heteroatoms. The molecule has 2 heterocycles. The van der Waals surface area contributed by atoms with Gasteiger partial charge in [0.25, 0.3) is 5.91 Å². The third kappa shape index (κ3) is 4.20. The Kier molecular flexibility index (Phi) is 5.60. The van der Waals surface area contributed by atoms with Crippen molar-refractivity contribution in [2.75, 3.05) is 43.6 Å². The van der Waals surface area contributed by atoms with Crippen LogP contribution in [0.15, 0.2) is 24.3 Å². The molecule has 1 aromatic heterocycles. The van der Waals surface area contributed by atoms with Crippen LogP contribution in [0.2, 0.25) is 0 Å². The van der Waals surface area contributed by atoms with Crippen LogP contribution in [0.25, 0.3) is 0 Å². The van der Waals surface area contributed by atoms with Gasteiger partial charge in [0.2, 0.25) is 0 Å². The van der Waals surface area contributed by atoms with Gasteiger partial charge in [0.1, 0.15) is 5.82 Å².